The molecule has 0 aliphatic carbocycles. The van der Waals surface area contributed by atoms with E-state index in [4.69, 9.17) is 0 Å². The zero-order valence-corrected chi connectivity index (χ0v) is 8.15. The molecule has 0 saturated heterocycles. The van der Waals surface area contributed by atoms with Crippen molar-refractivity contribution in [1.29, 1.82) is 0 Å². The highest BCUT2D eigenvalue weighted by molar-refractivity contribution is 5.88. The minimum absolute atomic E-state index is 0.332. The van der Waals surface area contributed by atoms with Gasteiger partial charge in [-0.05, 0) is 19.8 Å². The van der Waals surface area contributed by atoms with Crippen LogP contribution >= 0.6 is 0 Å². The number of hydrogen-bond acceptors (Lipinski definition) is 4. The maximum absolute atomic E-state index is 10.9. The van der Waals surface area contributed by atoms with E-state index in [9.17, 15) is 4.79 Å². The summed E-state index contributed by atoms with van der Waals surface area (Å²) >= 11 is 0. The Bertz CT molecular complexity index is 373. The molecule has 0 fully saturated rings. The molecule has 14 heavy (non-hydrogen) atoms. The highest BCUT2D eigenvalue weighted by atomic mass is 16.5. The second-order valence-electron chi connectivity index (χ2n) is 2.41. The van der Waals surface area contributed by atoms with E-state index >= 15 is 0 Å². The first-order valence-corrected chi connectivity index (χ1v) is 4.35. The van der Waals surface area contributed by atoms with Gasteiger partial charge in [-0.25, -0.2) is 9.48 Å². The quantitative estimate of drug-likeness (QED) is 0.497. The Kier molecular flexibility index (Phi) is 3.68. The maximum Gasteiger partial charge on any atom is 0.384 e. The minimum atomic E-state index is -0.531. The standard InChI is InChI=1S/C9H11N3O2/c1-3-12-8(7-10-11-12)5-6-9(13)14-4-2/h7H,3-4H2,1-2H3. The van der Waals surface area contributed by atoms with Crippen molar-refractivity contribution in [2.24, 2.45) is 0 Å². The molecule has 0 unspecified atom stereocenters. The second-order valence-corrected chi connectivity index (χ2v) is 2.41. The molecule has 0 bridgehead atoms. The Morgan fingerprint density at radius 2 is 2.43 bits per heavy atom. The smallest absolute Gasteiger partial charge is 0.384 e. The predicted octanol–water partition coefficient (Wildman–Crippen LogP) is 0.213. The lowest BCUT2D eigenvalue weighted by atomic mass is 10.4. The molecule has 1 heterocycles. The number of rotatable bonds is 2. The number of carbonyl (C=O) groups excluding carboxylic acids is 1. The van der Waals surface area contributed by atoms with Crippen molar-refractivity contribution in [1.82, 2.24) is 15.0 Å². The van der Waals surface area contributed by atoms with E-state index in [-0.39, 0.29) is 0 Å². The van der Waals surface area contributed by atoms with Gasteiger partial charge in [-0.2, -0.15) is 0 Å². The predicted molar refractivity (Wildman–Crippen MR) is 49.2 cm³/mol. The van der Waals surface area contributed by atoms with E-state index in [0.717, 1.165) is 0 Å². The van der Waals surface area contributed by atoms with Crippen LogP contribution in [0.1, 0.15) is 19.5 Å². The van der Waals surface area contributed by atoms with Gasteiger partial charge in [0, 0.05) is 12.5 Å². The molecule has 1 aromatic heterocycles. The summed E-state index contributed by atoms with van der Waals surface area (Å²) in [6.07, 6.45) is 1.51. The van der Waals surface area contributed by atoms with Gasteiger partial charge in [0.1, 0.15) is 5.69 Å². The van der Waals surface area contributed by atoms with Gasteiger partial charge in [-0.15, -0.1) is 5.10 Å². The highest BCUT2D eigenvalue weighted by Crippen LogP contribution is 1.92. The van der Waals surface area contributed by atoms with Crippen LogP contribution in [0.15, 0.2) is 6.20 Å². The van der Waals surface area contributed by atoms with Gasteiger partial charge in [0.25, 0.3) is 0 Å². The van der Waals surface area contributed by atoms with Crippen LogP contribution in [0.3, 0.4) is 0 Å². The molecule has 5 nitrogen and oxygen atoms in total. The fraction of sp³-hybridized carbons (Fsp3) is 0.444. The molecule has 0 radical (unpaired) electrons. The van der Waals surface area contributed by atoms with Crippen LogP contribution in [0.25, 0.3) is 0 Å². The van der Waals surface area contributed by atoms with Crippen molar-refractivity contribution in [3.8, 4) is 11.8 Å². The summed E-state index contributed by atoms with van der Waals surface area (Å²) in [6, 6.07) is 0. The van der Waals surface area contributed by atoms with Crippen LogP contribution < -0.4 is 0 Å². The first kappa shape index (κ1) is 10.3. The third kappa shape index (κ3) is 2.59. The zero-order chi connectivity index (χ0) is 10.4. The van der Waals surface area contributed by atoms with E-state index in [1.165, 1.54) is 6.20 Å². The van der Waals surface area contributed by atoms with Gasteiger partial charge >= 0.3 is 5.97 Å². The highest BCUT2D eigenvalue weighted by Gasteiger charge is 1.98. The molecule has 74 valence electrons. The number of carbonyl (C=O) groups is 1. The molecule has 1 rings (SSSR count). The number of hydrogen-bond donors (Lipinski definition) is 0. The molecule has 5 heteroatoms. The van der Waals surface area contributed by atoms with Crippen molar-refractivity contribution in [2.75, 3.05) is 6.61 Å². The van der Waals surface area contributed by atoms with Crippen molar-refractivity contribution < 1.29 is 9.53 Å². The Balaban J connectivity index is 2.72. The Morgan fingerprint density at radius 1 is 1.64 bits per heavy atom. The van der Waals surface area contributed by atoms with Crippen LogP contribution in [-0.2, 0) is 16.1 Å². The molecule has 0 amide bonds. The molecule has 0 N–H and O–H groups in total. The van der Waals surface area contributed by atoms with Crippen molar-refractivity contribution >= 4 is 5.97 Å². The van der Waals surface area contributed by atoms with Crippen molar-refractivity contribution in [2.45, 2.75) is 20.4 Å². The van der Waals surface area contributed by atoms with Gasteiger partial charge in [0.15, 0.2) is 0 Å². The fourth-order valence-electron chi connectivity index (χ4n) is 0.870. The number of nitrogens with zero attached hydrogens (tertiary/aromatic N) is 3. The summed E-state index contributed by atoms with van der Waals surface area (Å²) in [5.74, 6) is 4.46. The lowest BCUT2D eigenvalue weighted by Crippen LogP contribution is -2.02. The number of aryl methyl sites for hydroxylation is 1. The second kappa shape index (κ2) is 5.02. The summed E-state index contributed by atoms with van der Waals surface area (Å²) in [5, 5.41) is 7.45. The minimum Gasteiger partial charge on any atom is -0.456 e. The van der Waals surface area contributed by atoms with E-state index in [1.54, 1.807) is 11.6 Å². The maximum atomic E-state index is 10.9. The third-order valence-electron chi connectivity index (χ3n) is 1.49. The molecule has 0 spiro atoms. The van der Waals surface area contributed by atoms with Crippen LogP contribution in [0.2, 0.25) is 0 Å². The van der Waals surface area contributed by atoms with Crippen LogP contribution in [0.4, 0.5) is 0 Å². The molecular weight excluding hydrogens is 182 g/mol. The molecule has 0 aromatic carbocycles. The Hall–Kier alpha value is -1.83. The van der Waals surface area contributed by atoms with Crippen LogP contribution in [0.5, 0.6) is 0 Å². The van der Waals surface area contributed by atoms with E-state index < -0.39 is 5.97 Å². The van der Waals surface area contributed by atoms with Crippen molar-refractivity contribution in [3.63, 3.8) is 0 Å². The third-order valence-corrected chi connectivity index (χ3v) is 1.49. The van der Waals surface area contributed by atoms with Crippen LogP contribution in [-0.4, -0.2) is 27.6 Å². The van der Waals surface area contributed by atoms with Gasteiger partial charge in [-0.3, -0.25) is 0 Å². The lowest BCUT2D eigenvalue weighted by molar-refractivity contribution is -0.136. The first-order chi connectivity index (χ1) is 6.77. The molecule has 0 saturated carbocycles. The first-order valence-electron chi connectivity index (χ1n) is 4.35. The summed E-state index contributed by atoms with van der Waals surface area (Å²) in [5.41, 5.74) is 0.612. The number of aromatic nitrogens is 3. The van der Waals surface area contributed by atoms with Crippen molar-refractivity contribution in [3.05, 3.63) is 11.9 Å². The van der Waals surface area contributed by atoms with Gasteiger partial charge in [-0.1, -0.05) is 5.21 Å². The summed E-state index contributed by atoms with van der Waals surface area (Å²) in [7, 11) is 0. The number of esters is 1. The van der Waals surface area contributed by atoms with E-state index in [2.05, 4.69) is 26.9 Å². The monoisotopic (exact) mass is 193 g/mol. The van der Waals surface area contributed by atoms with Gasteiger partial charge in [0.05, 0.1) is 12.8 Å². The SMILES string of the molecule is CCOC(=O)C#Cc1cnnn1CC. The molecule has 0 aliphatic rings. The molecule has 1 aromatic rings. The Morgan fingerprint density at radius 3 is 3.07 bits per heavy atom. The van der Waals surface area contributed by atoms with E-state index in [1.807, 2.05) is 6.92 Å². The average molecular weight is 193 g/mol. The number of ether oxygens (including phenoxy) is 1. The largest absolute Gasteiger partial charge is 0.456 e. The summed E-state index contributed by atoms with van der Waals surface area (Å²) < 4.78 is 6.25. The molecular formula is C9H11N3O2. The summed E-state index contributed by atoms with van der Waals surface area (Å²) in [6.45, 7) is 4.66. The Labute approximate surface area is 82.1 Å². The average Bonchev–Trinajstić information content (AvgIpc) is 2.62. The zero-order valence-electron chi connectivity index (χ0n) is 8.15. The fourth-order valence-corrected chi connectivity index (χ4v) is 0.870. The van der Waals surface area contributed by atoms with Gasteiger partial charge in [0.2, 0.25) is 0 Å². The topological polar surface area (TPSA) is 57.0 Å². The van der Waals surface area contributed by atoms with Gasteiger partial charge < -0.3 is 4.74 Å². The van der Waals surface area contributed by atoms with Crippen LogP contribution in [0, 0.1) is 11.8 Å². The summed E-state index contributed by atoms with van der Waals surface area (Å²) in [4.78, 5) is 10.9. The molecule has 0 atom stereocenters. The lowest BCUT2D eigenvalue weighted by Gasteiger charge is -1.93. The van der Waals surface area contributed by atoms with E-state index in [0.29, 0.717) is 18.8 Å². The normalized spacial score (nSPS) is 9.00. The molecule has 0 aliphatic heterocycles.